The van der Waals surface area contributed by atoms with Gasteiger partial charge in [-0.3, -0.25) is 19.0 Å². The Hall–Kier alpha value is -4.59. The number of pyridine rings is 1. The van der Waals surface area contributed by atoms with Crippen LogP contribution in [0.25, 0.3) is 27.8 Å². The summed E-state index contributed by atoms with van der Waals surface area (Å²) in [5.74, 6) is 0.148. The minimum absolute atomic E-state index is 0.0971. The molecule has 2 amide bonds. The van der Waals surface area contributed by atoms with Crippen LogP contribution in [0.2, 0.25) is 0 Å². The van der Waals surface area contributed by atoms with Crippen molar-refractivity contribution in [2.45, 2.75) is 45.1 Å². The second kappa shape index (κ2) is 9.55. The van der Waals surface area contributed by atoms with Gasteiger partial charge in [-0.15, -0.1) is 0 Å². The molecule has 1 fully saturated rings. The number of amides is 2. The maximum Gasteiger partial charge on any atom is 0.251 e. The molecule has 1 aliphatic carbocycles. The van der Waals surface area contributed by atoms with Crippen molar-refractivity contribution in [3.05, 3.63) is 96.2 Å². The summed E-state index contributed by atoms with van der Waals surface area (Å²) in [5.41, 5.74) is 5.20. The summed E-state index contributed by atoms with van der Waals surface area (Å²) in [5, 5.41) is 6.65. The molecule has 8 nitrogen and oxygen atoms in total. The van der Waals surface area contributed by atoms with E-state index in [1.807, 2.05) is 57.6 Å². The highest BCUT2D eigenvalue weighted by Crippen LogP contribution is 2.53. The second-order valence-electron chi connectivity index (χ2n) is 11.6. The Morgan fingerprint density at radius 2 is 1.70 bits per heavy atom. The fourth-order valence-corrected chi connectivity index (χ4v) is 5.42. The molecular weight excluding hydrogens is 500 g/mol. The molecule has 1 aliphatic rings. The van der Waals surface area contributed by atoms with Crippen LogP contribution in [0.15, 0.2) is 79.4 Å². The number of likely N-dealkylation sites (N-methyl/N-ethyl adjacent to an activating group) is 1. The lowest BCUT2D eigenvalue weighted by molar-refractivity contribution is -0.124. The minimum Gasteiger partial charge on any atom is -0.357 e. The van der Waals surface area contributed by atoms with Gasteiger partial charge in [0.25, 0.3) is 5.91 Å². The van der Waals surface area contributed by atoms with Crippen molar-refractivity contribution in [1.82, 2.24) is 30.0 Å². The highest BCUT2D eigenvalue weighted by Gasteiger charge is 2.48. The van der Waals surface area contributed by atoms with Gasteiger partial charge in [-0.1, -0.05) is 45.0 Å². The number of hydrogen-bond acceptors (Lipinski definition) is 5. The summed E-state index contributed by atoms with van der Waals surface area (Å²) in [6, 6.07) is 17.3. The van der Waals surface area contributed by atoms with Crippen LogP contribution in [-0.2, 0) is 10.2 Å². The molecule has 0 saturated heterocycles. The van der Waals surface area contributed by atoms with Crippen molar-refractivity contribution >= 4 is 28.5 Å². The number of aromatic nitrogens is 4. The van der Waals surface area contributed by atoms with Crippen LogP contribution in [0.4, 0.5) is 0 Å². The third-order valence-electron chi connectivity index (χ3n) is 7.89. The number of rotatable bonds is 6. The molecule has 1 saturated carbocycles. The van der Waals surface area contributed by atoms with Crippen LogP contribution in [-0.4, -0.2) is 44.3 Å². The normalized spacial score (nSPS) is 15.1. The molecule has 3 aromatic heterocycles. The van der Waals surface area contributed by atoms with Gasteiger partial charge in [0.15, 0.2) is 0 Å². The molecule has 0 bridgehead atoms. The van der Waals surface area contributed by atoms with Crippen LogP contribution in [0.5, 0.6) is 0 Å². The van der Waals surface area contributed by atoms with Crippen molar-refractivity contribution in [3.8, 4) is 11.1 Å². The molecular formula is C32H32N6O2. The van der Waals surface area contributed by atoms with Crippen molar-refractivity contribution in [1.29, 1.82) is 0 Å². The maximum atomic E-state index is 13.0. The van der Waals surface area contributed by atoms with Gasteiger partial charge in [-0.05, 0) is 59.7 Å². The molecule has 2 aromatic carbocycles. The average Bonchev–Trinajstić information content (AvgIpc) is 3.66. The fourth-order valence-electron chi connectivity index (χ4n) is 5.42. The van der Waals surface area contributed by atoms with E-state index in [-0.39, 0.29) is 17.2 Å². The SMILES string of the molecule is CNC(=O)[C@@H](NC(=O)c1ccc(-c2cnc3ncc(C4(c5ccc6ncccc6c5)CC4)n3c2)cc1)C(C)(C)C. The van der Waals surface area contributed by atoms with E-state index in [1.54, 1.807) is 19.2 Å². The predicted octanol–water partition coefficient (Wildman–Crippen LogP) is 4.91. The molecule has 2 N–H and O–H groups in total. The molecule has 40 heavy (non-hydrogen) atoms. The summed E-state index contributed by atoms with van der Waals surface area (Å²) in [7, 11) is 1.57. The van der Waals surface area contributed by atoms with Crippen LogP contribution >= 0.6 is 0 Å². The number of imidazole rings is 1. The Morgan fingerprint density at radius 3 is 2.40 bits per heavy atom. The van der Waals surface area contributed by atoms with Crippen LogP contribution in [0.1, 0.15) is 55.2 Å². The highest BCUT2D eigenvalue weighted by molar-refractivity contribution is 5.98. The van der Waals surface area contributed by atoms with Gasteiger partial charge in [0.2, 0.25) is 11.7 Å². The lowest BCUT2D eigenvalue weighted by Crippen LogP contribution is -2.52. The topological polar surface area (TPSA) is 101 Å². The number of carbonyl (C=O) groups excluding carboxylic acids is 2. The highest BCUT2D eigenvalue weighted by atomic mass is 16.2. The summed E-state index contributed by atoms with van der Waals surface area (Å²) < 4.78 is 2.09. The van der Waals surface area contributed by atoms with Gasteiger partial charge in [-0.2, -0.15) is 0 Å². The molecule has 5 aromatic rings. The summed E-state index contributed by atoms with van der Waals surface area (Å²) in [4.78, 5) is 39.0. The maximum absolute atomic E-state index is 13.0. The molecule has 8 heteroatoms. The van der Waals surface area contributed by atoms with E-state index >= 15 is 0 Å². The van der Waals surface area contributed by atoms with E-state index in [0.29, 0.717) is 11.3 Å². The monoisotopic (exact) mass is 532 g/mol. The summed E-state index contributed by atoms with van der Waals surface area (Å²) >= 11 is 0. The zero-order valence-corrected chi connectivity index (χ0v) is 23.1. The van der Waals surface area contributed by atoms with E-state index in [4.69, 9.17) is 0 Å². The number of nitrogens with one attached hydrogen (secondary N) is 2. The van der Waals surface area contributed by atoms with Crippen molar-refractivity contribution < 1.29 is 9.59 Å². The van der Waals surface area contributed by atoms with Crippen LogP contribution in [0.3, 0.4) is 0 Å². The average molecular weight is 533 g/mol. The Balaban J connectivity index is 1.29. The third kappa shape index (κ3) is 4.49. The van der Waals surface area contributed by atoms with E-state index in [1.165, 1.54) is 5.56 Å². The first kappa shape index (κ1) is 25.7. The van der Waals surface area contributed by atoms with E-state index in [9.17, 15) is 9.59 Å². The molecule has 202 valence electrons. The first-order valence-corrected chi connectivity index (χ1v) is 13.5. The Morgan fingerprint density at radius 1 is 0.950 bits per heavy atom. The zero-order chi connectivity index (χ0) is 28.1. The molecule has 6 rings (SSSR count). The molecule has 0 radical (unpaired) electrons. The van der Waals surface area contributed by atoms with Crippen LogP contribution in [0, 0.1) is 5.41 Å². The lowest BCUT2D eigenvalue weighted by atomic mass is 9.86. The fraction of sp³-hybridized carbons (Fsp3) is 0.281. The summed E-state index contributed by atoms with van der Waals surface area (Å²) in [6.07, 6.45) is 9.74. The molecule has 0 spiro atoms. The van der Waals surface area contributed by atoms with Gasteiger partial charge in [-0.25, -0.2) is 9.97 Å². The van der Waals surface area contributed by atoms with Gasteiger partial charge < -0.3 is 10.6 Å². The largest absolute Gasteiger partial charge is 0.357 e. The third-order valence-corrected chi connectivity index (χ3v) is 7.89. The lowest BCUT2D eigenvalue weighted by Gasteiger charge is -2.29. The van der Waals surface area contributed by atoms with Crippen LogP contribution < -0.4 is 10.6 Å². The zero-order valence-electron chi connectivity index (χ0n) is 23.1. The number of carbonyl (C=O) groups is 2. The molecule has 1 atom stereocenters. The smallest absolute Gasteiger partial charge is 0.251 e. The van der Waals surface area contributed by atoms with Crippen molar-refractivity contribution in [2.75, 3.05) is 7.05 Å². The van der Waals surface area contributed by atoms with Crippen molar-refractivity contribution in [2.24, 2.45) is 5.41 Å². The van der Waals surface area contributed by atoms with E-state index < -0.39 is 11.5 Å². The van der Waals surface area contributed by atoms with Crippen molar-refractivity contribution in [3.63, 3.8) is 0 Å². The Kier molecular flexibility index (Phi) is 6.13. The Bertz CT molecular complexity index is 1750. The Labute approximate surface area is 232 Å². The quantitative estimate of drug-likeness (QED) is 0.323. The van der Waals surface area contributed by atoms with E-state index in [0.717, 1.165) is 40.6 Å². The van der Waals surface area contributed by atoms with E-state index in [2.05, 4.69) is 60.4 Å². The van der Waals surface area contributed by atoms with Gasteiger partial charge in [0, 0.05) is 47.6 Å². The number of benzene rings is 2. The molecule has 0 unspecified atom stereocenters. The standard InChI is InChI=1S/C32H32N6O2/c1-31(2,3)27(29(40)33-4)37-28(39)21-9-7-20(8-10-21)23-17-35-30-36-18-26(38(30)19-23)32(13-14-32)24-11-12-25-22(16-24)6-5-15-34-25/h5-12,15-19,27H,13-14H2,1-4H3,(H,33,40)(H,37,39)/t27-/m1/s1. The van der Waals surface area contributed by atoms with Gasteiger partial charge in [0.05, 0.1) is 17.4 Å². The number of hydrogen-bond donors (Lipinski definition) is 2. The first-order valence-electron chi connectivity index (χ1n) is 13.5. The van der Waals surface area contributed by atoms with Gasteiger partial charge in [0.1, 0.15) is 6.04 Å². The second-order valence-corrected chi connectivity index (χ2v) is 11.6. The van der Waals surface area contributed by atoms with Gasteiger partial charge >= 0.3 is 0 Å². The summed E-state index contributed by atoms with van der Waals surface area (Å²) in [6.45, 7) is 5.77. The molecule has 0 aliphatic heterocycles. The minimum atomic E-state index is -0.649. The first-order chi connectivity index (χ1) is 19.2. The number of fused-ring (bicyclic) bond motifs is 2. The predicted molar refractivity (Wildman–Crippen MR) is 155 cm³/mol. The molecule has 3 heterocycles. The number of nitrogens with zero attached hydrogens (tertiary/aromatic N) is 4.